The van der Waals surface area contributed by atoms with E-state index in [1.165, 1.54) is 15.6 Å². The molecule has 6 rings (SSSR count). The first-order chi connectivity index (χ1) is 20.1. The van der Waals surface area contributed by atoms with Gasteiger partial charge in [0.15, 0.2) is 5.76 Å². The van der Waals surface area contributed by atoms with Crippen molar-refractivity contribution in [3.05, 3.63) is 125 Å². The number of benzene rings is 3. The van der Waals surface area contributed by atoms with Crippen molar-refractivity contribution in [1.29, 1.82) is 0 Å². The van der Waals surface area contributed by atoms with Gasteiger partial charge in [-0.15, -0.1) is 11.3 Å². The maximum atomic E-state index is 13.0. The summed E-state index contributed by atoms with van der Waals surface area (Å²) >= 11 is 1.43. The van der Waals surface area contributed by atoms with Crippen molar-refractivity contribution >= 4 is 33.3 Å². The number of rotatable bonds is 8. The number of ether oxygens (including phenoxy) is 1. The number of furan rings is 1. The molecule has 0 N–H and O–H groups in total. The summed E-state index contributed by atoms with van der Waals surface area (Å²) in [6.07, 6.45) is 3.54. The highest BCUT2D eigenvalue weighted by Gasteiger charge is 2.26. The Hall–Kier alpha value is -4.09. The number of thiazole rings is 1. The summed E-state index contributed by atoms with van der Waals surface area (Å²) in [6.45, 7) is 1.51. The Morgan fingerprint density at radius 1 is 0.829 bits per heavy atom. The molecule has 0 aliphatic carbocycles. The minimum Gasteiger partial charge on any atom is -0.463 e. The Morgan fingerprint density at radius 2 is 1.49 bits per heavy atom. The fraction of sp³-hybridized carbons (Fsp3) is 0.161. The van der Waals surface area contributed by atoms with Crippen LogP contribution in [-0.4, -0.2) is 49.9 Å². The van der Waals surface area contributed by atoms with E-state index in [0.717, 1.165) is 16.8 Å². The molecule has 0 spiro atoms. The van der Waals surface area contributed by atoms with Crippen molar-refractivity contribution < 1.29 is 17.6 Å². The molecule has 0 atom stereocenters. The highest BCUT2D eigenvalue weighted by molar-refractivity contribution is 7.89. The van der Waals surface area contributed by atoms with E-state index in [-0.39, 0.29) is 10.8 Å². The van der Waals surface area contributed by atoms with Gasteiger partial charge in [0.1, 0.15) is 5.69 Å². The third-order valence-corrected chi connectivity index (χ3v) is 9.51. The minimum absolute atomic E-state index is 0.0771. The zero-order valence-electron chi connectivity index (χ0n) is 22.1. The summed E-state index contributed by atoms with van der Waals surface area (Å²) in [7, 11) is -3.58. The van der Waals surface area contributed by atoms with Crippen molar-refractivity contribution in [1.82, 2.24) is 8.98 Å². The molecule has 8 nitrogen and oxygen atoms in total. The van der Waals surface area contributed by atoms with E-state index in [1.807, 2.05) is 60.1 Å². The van der Waals surface area contributed by atoms with E-state index in [1.54, 1.807) is 35.2 Å². The van der Waals surface area contributed by atoms with Gasteiger partial charge < -0.3 is 9.15 Å². The van der Waals surface area contributed by atoms with E-state index in [0.29, 0.717) is 42.6 Å². The van der Waals surface area contributed by atoms with Gasteiger partial charge in [-0.1, -0.05) is 60.7 Å². The lowest BCUT2D eigenvalue weighted by molar-refractivity contribution is 0.0730. The SMILES string of the molecule is O=S(=O)(c1ccc(N=c2scc(-c3ccco3)n2N=CC(c2ccccc2)c2ccccc2)cc1)N1CCOCC1. The van der Waals surface area contributed by atoms with Gasteiger partial charge in [-0.3, -0.25) is 0 Å². The monoisotopic (exact) mass is 584 g/mol. The predicted octanol–water partition coefficient (Wildman–Crippen LogP) is 5.73. The molecular weight excluding hydrogens is 556 g/mol. The summed E-state index contributed by atoms with van der Waals surface area (Å²) < 4.78 is 40.3. The third-order valence-electron chi connectivity index (χ3n) is 6.78. The zero-order chi connectivity index (χ0) is 28.1. The zero-order valence-corrected chi connectivity index (χ0v) is 23.7. The summed E-state index contributed by atoms with van der Waals surface area (Å²) in [6, 6.07) is 30.8. The molecule has 5 aromatic rings. The maximum Gasteiger partial charge on any atom is 0.243 e. The molecular formula is C31H28N4O4S2. The second-order valence-electron chi connectivity index (χ2n) is 9.38. The molecule has 1 aliphatic heterocycles. The lowest BCUT2D eigenvalue weighted by Gasteiger charge is -2.26. The summed E-state index contributed by atoms with van der Waals surface area (Å²) in [5.41, 5.74) is 3.62. The van der Waals surface area contributed by atoms with E-state index >= 15 is 0 Å². The molecule has 0 saturated carbocycles. The highest BCUT2D eigenvalue weighted by atomic mass is 32.2. The smallest absolute Gasteiger partial charge is 0.243 e. The first kappa shape index (κ1) is 27.1. The number of nitrogens with zero attached hydrogens (tertiary/aromatic N) is 4. The first-order valence-corrected chi connectivity index (χ1v) is 15.5. The van der Waals surface area contributed by atoms with Gasteiger partial charge in [-0.2, -0.15) is 9.41 Å². The van der Waals surface area contributed by atoms with Crippen LogP contribution < -0.4 is 4.80 Å². The summed E-state index contributed by atoms with van der Waals surface area (Å²) in [5, 5.41) is 6.87. The fourth-order valence-electron chi connectivity index (χ4n) is 4.64. The van der Waals surface area contributed by atoms with Crippen molar-refractivity contribution in [3.8, 4) is 11.5 Å². The molecule has 3 heterocycles. The van der Waals surface area contributed by atoms with Crippen LogP contribution in [0.4, 0.5) is 5.69 Å². The van der Waals surface area contributed by atoms with Gasteiger partial charge >= 0.3 is 0 Å². The van der Waals surface area contributed by atoms with Crippen molar-refractivity contribution in [3.63, 3.8) is 0 Å². The normalized spacial score (nSPS) is 15.2. The molecule has 41 heavy (non-hydrogen) atoms. The van der Waals surface area contributed by atoms with Crippen LogP contribution in [0.2, 0.25) is 0 Å². The third kappa shape index (κ3) is 6.01. The van der Waals surface area contributed by atoms with Crippen LogP contribution in [-0.2, 0) is 14.8 Å². The van der Waals surface area contributed by atoms with E-state index in [4.69, 9.17) is 19.2 Å². The minimum atomic E-state index is -3.58. The fourth-order valence-corrected chi connectivity index (χ4v) is 6.89. The second kappa shape index (κ2) is 12.2. The molecule has 0 radical (unpaired) electrons. The first-order valence-electron chi connectivity index (χ1n) is 13.2. The second-order valence-corrected chi connectivity index (χ2v) is 12.2. The molecule has 10 heteroatoms. The van der Waals surface area contributed by atoms with Gasteiger partial charge in [-0.25, -0.2) is 18.1 Å². The average molecular weight is 585 g/mol. The maximum absolute atomic E-state index is 13.0. The number of aromatic nitrogens is 1. The van der Waals surface area contributed by atoms with Crippen molar-refractivity contribution in [2.24, 2.45) is 10.1 Å². The lowest BCUT2D eigenvalue weighted by Crippen LogP contribution is -2.40. The van der Waals surface area contributed by atoms with Gasteiger partial charge in [0.05, 0.1) is 30.1 Å². The lowest BCUT2D eigenvalue weighted by atomic mass is 9.92. The van der Waals surface area contributed by atoms with Crippen LogP contribution in [0.25, 0.3) is 11.5 Å². The quantitative estimate of drug-likeness (QED) is 0.218. The van der Waals surface area contributed by atoms with Crippen molar-refractivity contribution in [2.75, 3.05) is 26.3 Å². The van der Waals surface area contributed by atoms with Gasteiger partial charge in [0.2, 0.25) is 14.8 Å². The number of sulfonamides is 1. The van der Waals surface area contributed by atoms with Gasteiger partial charge in [0, 0.05) is 30.6 Å². The largest absolute Gasteiger partial charge is 0.463 e. The van der Waals surface area contributed by atoms with Crippen LogP contribution in [0, 0.1) is 0 Å². The van der Waals surface area contributed by atoms with Crippen molar-refractivity contribution in [2.45, 2.75) is 10.8 Å². The summed E-state index contributed by atoms with van der Waals surface area (Å²) in [5.74, 6) is 0.592. The molecule has 1 aliphatic rings. The van der Waals surface area contributed by atoms with Crippen LogP contribution in [0.5, 0.6) is 0 Å². The topological polar surface area (TPSA) is 89.4 Å². The molecule has 0 amide bonds. The van der Waals surface area contributed by atoms with Crippen LogP contribution >= 0.6 is 11.3 Å². The Labute approximate surface area is 242 Å². The highest BCUT2D eigenvalue weighted by Crippen LogP contribution is 2.25. The summed E-state index contributed by atoms with van der Waals surface area (Å²) in [4.78, 5) is 5.69. The van der Waals surface area contributed by atoms with E-state index in [9.17, 15) is 8.42 Å². The number of morpholine rings is 1. The average Bonchev–Trinajstić information content (AvgIpc) is 3.70. The van der Waals surface area contributed by atoms with Crippen LogP contribution in [0.1, 0.15) is 17.0 Å². The Morgan fingerprint density at radius 3 is 2.10 bits per heavy atom. The molecule has 0 unspecified atom stereocenters. The Balaban J connectivity index is 1.38. The number of hydrogen-bond donors (Lipinski definition) is 0. The molecule has 1 fully saturated rings. The predicted molar refractivity (Wildman–Crippen MR) is 160 cm³/mol. The van der Waals surface area contributed by atoms with E-state index in [2.05, 4.69) is 24.3 Å². The molecule has 1 saturated heterocycles. The Bertz CT molecular complexity index is 1730. The molecule has 2 aromatic heterocycles. The molecule has 208 valence electrons. The number of hydrogen-bond acceptors (Lipinski definition) is 7. The Kier molecular flexibility index (Phi) is 8.06. The van der Waals surface area contributed by atoms with Crippen LogP contribution in [0.15, 0.2) is 128 Å². The van der Waals surface area contributed by atoms with Gasteiger partial charge in [-0.05, 0) is 47.5 Å². The van der Waals surface area contributed by atoms with Crippen LogP contribution in [0.3, 0.4) is 0 Å². The standard InChI is InChI=1S/C31H28N4O4S2/c36-41(37,34-17-20-38-21-18-34)27-15-13-26(14-16-27)33-31-35(29(23-40-31)30-12-7-19-39-30)32-22-28(24-8-3-1-4-9-24)25-10-5-2-6-11-25/h1-16,19,22-23,28H,17-18,20-21H2. The van der Waals surface area contributed by atoms with E-state index < -0.39 is 10.0 Å². The molecule has 3 aromatic carbocycles. The van der Waals surface area contributed by atoms with Gasteiger partial charge in [0.25, 0.3) is 0 Å². The molecule has 0 bridgehead atoms.